The summed E-state index contributed by atoms with van der Waals surface area (Å²) >= 11 is 3.41. The molecule has 0 aliphatic rings. The van der Waals surface area contributed by atoms with Crippen LogP contribution >= 0.6 is 15.9 Å². The Bertz CT molecular complexity index is 1510. The lowest BCUT2D eigenvalue weighted by Crippen LogP contribution is -2.28. The third-order valence-electron chi connectivity index (χ3n) is 5.19. The lowest BCUT2D eigenvalue weighted by molar-refractivity contribution is 0.0685. The first-order valence-electron chi connectivity index (χ1n) is 9.60. The van der Waals surface area contributed by atoms with Gasteiger partial charge in [0.15, 0.2) is 9.84 Å². The fraction of sp³-hybridized carbons (Fsp3) is 0.0833. The summed E-state index contributed by atoms with van der Waals surface area (Å²) in [5, 5.41) is 11.1. The molecule has 0 amide bonds. The Kier molecular flexibility index (Phi) is 5.75. The van der Waals surface area contributed by atoms with Crippen molar-refractivity contribution in [3.05, 3.63) is 98.9 Å². The molecule has 1 aromatic heterocycles. The van der Waals surface area contributed by atoms with Gasteiger partial charge >= 0.3 is 5.97 Å². The summed E-state index contributed by atoms with van der Waals surface area (Å²) in [7, 11) is -3.36. The highest BCUT2D eigenvalue weighted by atomic mass is 79.9. The number of carbonyl (C=O) groups is 1. The van der Waals surface area contributed by atoms with Crippen LogP contribution in [0.15, 0.2) is 87.0 Å². The molecule has 0 fully saturated rings. The highest BCUT2D eigenvalue weighted by Crippen LogP contribution is 2.32. The number of aromatic carboxylic acids is 1. The summed E-state index contributed by atoms with van der Waals surface area (Å²) in [6.07, 6.45) is 1.11. The van der Waals surface area contributed by atoms with Crippen LogP contribution in [0.4, 0.5) is 0 Å². The van der Waals surface area contributed by atoms with E-state index in [4.69, 9.17) is 0 Å². The van der Waals surface area contributed by atoms with Crippen molar-refractivity contribution in [1.82, 2.24) is 4.57 Å². The largest absolute Gasteiger partial charge is 0.477 e. The zero-order valence-corrected chi connectivity index (χ0v) is 19.4. The van der Waals surface area contributed by atoms with Crippen LogP contribution in [-0.2, 0) is 16.4 Å². The van der Waals surface area contributed by atoms with Gasteiger partial charge in [0.1, 0.15) is 5.69 Å². The van der Waals surface area contributed by atoms with E-state index >= 15 is 0 Å². The minimum atomic E-state index is -3.36. The first kappa shape index (κ1) is 22.0. The predicted molar refractivity (Wildman–Crippen MR) is 127 cm³/mol. The van der Waals surface area contributed by atoms with E-state index in [1.54, 1.807) is 42.5 Å². The maximum absolute atomic E-state index is 13.4. The number of sulfone groups is 1. The molecule has 0 aliphatic carbocycles. The summed E-state index contributed by atoms with van der Waals surface area (Å²) < 4.78 is 25.4. The number of aromatic nitrogens is 1. The van der Waals surface area contributed by atoms with Crippen LogP contribution in [0.1, 0.15) is 16.1 Å². The summed E-state index contributed by atoms with van der Waals surface area (Å²) in [6.45, 7) is -0.0175. The van der Waals surface area contributed by atoms with Gasteiger partial charge in [-0.05, 0) is 46.8 Å². The number of carboxylic acid groups (broad SMARTS) is 1. The molecule has 1 N–H and O–H groups in total. The number of fused-ring (bicyclic) bond motifs is 1. The van der Waals surface area contributed by atoms with Crippen LogP contribution in [0.3, 0.4) is 0 Å². The maximum atomic E-state index is 13.4. The van der Waals surface area contributed by atoms with Crippen LogP contribution in [-0.4, -0.2) is 30.3 Å². The van der Waals surface area contributed by atoms with Crippen molar-refractivity contribution in [3.63, 3.8) is 0 Å². The first-order chi connectivity index (χ1) is 15.2. The molecule has 8 heteroatoms. The highest BCUT2D eigenvalue weighted by Gasteiger charge is 2.23. The topological polar surface area (TPSA) is 93.4 Å². The van der Waals surface area contributed by atoms with Gasteiger partial charge in [-0.25, -0.2) is 13.2 Å². The molecule has 0 aliphatic heterocycles. The third kappa shape index (κ3) is 4.11. The number of hydrogen-bond donors (Lipinski definition) is 1. The Morgan fingerprint density at radius 3 is 2.22 bits per heavy atom. The molecular weight excluding hydrogens is 494 g/mol. The van der Waals surface area contributed by atoms with Crippen molar-refractivity contribution in [2.75, 3.05) is 6.26 Å². The molecule has 1 heterocycles. The number of pyridine rings is 1. The van der Waals surface area contributed by atoms with Crippen molar-refractivity contribution in [2.24, 2.45) is 0 Å². The summed E-state index contributed by atoms with van der Waals surface area (Å²) in [5.74, 6) is -1.23. The van der Waals surface area contributed by atoms with Crippen molar-refractivity contribution < 1.29 is 18.3 Å². The molecule has 0 atom stereocenters. The minimum absolute atomic E-state index is 0.0175. The van der Waals surface area contributed by atoms with Gasteiger partial charge in [-0.2, -0.15) is 0 Å². The summed E-state index contributed by atoms with van der Waals surface area (Å²) in [6, 6.07) is 20.3. The fourth-order valence-corrected chi connectivity index (χ4v) is 4.71. The number of benzene rings is 3. The van der Waals surface area contributed by atoms with Gasteiger partial charge in [0.25, 0.3) is 5.56 Å². The predicted octanol–water partition coefficient (Wildman–Crippen LogP) is 4.58. The molecular formula is C24H18BrNO5S. The second-order valence-electron chi connectivity index (χ2n) is 7.39. The third-order valence-corrected chi connectivity index (χ3v) is 6.81. The average Bonchev–Trinajstić information content (AvgIpc) is 2.75. The van der Waals surface area contributed by atoms with Crippen LogP contribution < -0.4 is 5.56 Å². The van der Waals surface area contributed by atoms with Gasteiger partial charge in [-0.15, -0.1) is 0 Å². The quantitative estimate of drug-likeness (QED) is 0.423. The van der Waals surface area contributed by atoms with E-state index in [-0.39, 0.29) is 17.1 Å². The Balaban J connectivity index is 2.02. The van der Waals surface area contributed by atoms with E-state index in [0.717, 1.165) is 10.7 Å². The van der Waals surface area contributed by atoms with Crippen molar-refractivity contribution in [2.45, 2.75) is 11.4 Å². The molecule has 0 radical (unpaired) electrons. The summed E-state index contributed by atoms with van der Waals surface area (Å²) in [4.78, 5) is 25.9. The smallest absolute Gasteiger partial charge is 0.353 e. The summed E-state index contributed by atoms with van der Waals surface area (Å²) in [5.41, 5.74) is 1.17. The van der Waals surface area contributed by atoms with Crippen LogP contribution in [0.2, 0.25) is 0 Å². The zero-order valence-electron chi connectivity index (χ0n) is 16.9. The van der Waals surface area contributed by atoms with Crippen molar-refractivity contribution >= 4 is 42.5 Å². The van der Waals surface area contributed by atoms with Crippen LogP contribution in [0, 0.1) is 0 Å². The molecule has 32 heavy (non-hydrogen) atoms. The van der Waals surface area contributed by atoms with E-state index in [1.165, 1.54) is 16.7 Å². The van der Waals surface area contributed by atoms with E-state index in [9.17, 15) is 23.1 Å². The molecule has 0 saturated carbocycles. The molecule has 0 bridgehead atoms. The van der Waals surface area contributed by atoms with E-state index in [0.29, 0.717) is 27.5 Å². The van der Waals surface area contributed by atoms with Crippen molar-refractivity contribution in [3.8, 4) is 11.1 Å². The number of halogens is 1. The van der Waals surface area contributed by atoms with E-state index in [1.807, 2.05) is 18.2 Å². The second kappa shape index (κ2) is 8.37. The standard InChI is InChI=1S/C24H18BrNO5S/c1-32(30,31)18-10-7-15(8-11-18)14-26-22(24(28)29)21(16-5-3-2-4-6-16)20-13-17(25)9-12-19(20)23(26)27/h2-13H,14H2,1H3,(H,28,29). The van der Waals surface area contributed by atoms with Gasteiger partial charge in [-0.1, -0.05) is 58.4 Å². The molecule has 162 valence electrons. The zero-order chi connectivity index (χ0) is 23.0. The number of hydrogen-bond acceptors (Lipinski definition) is 4. The SMILES string of the molecule is CS(=O)(=O)c1ccc(Cn2c(C(=O)O)c(-c3ccccc3)c3cc(Br)ccc3c2=O)cc1. The average molecular weight is 512 g/mol. The normalized spacial score (nSPS) is 11.6. The fourth-order valence-electron chi connectivity index (χ4n) is 3.71. The molecule has 0 saturated heterocycles. The maximum Gasteiger partial charge on any atom is 0.353 e. The number of carboxylic acids is 1. The van der Waals surface area contributed by atoms with Gasteiger partial charge in [-0.3, -0.25) is 9.36 Å². The Labute approximate surface area is 192 Å². The molecule has 0 spiro atoms. The number of nitrogens with zero attached hydrogens (tertiary/aromatic N) is 1. The molecule has 0 unspecified atom stereocenters. The molecule has 4 aromatic rings. The second-order valence-corrected chi connectivity index (χ2v) is 10.3. The Morgan fingerprint density at radius 1 is 0.969 bits per heavy atom. The highest BCUT2D eigenvalue weighted by molar-refractivity contribution is 9.10. The van der Waals surface area contributed by atoms with Gasteiger partial charge in [0.2, 0.25) is 0 Å². The van der Waals surface area contributed by atoms with E-state index < -0.39 is 21.4 Å². The Hall–Kier alpha value is -3.23. The minimum Gasteiger partial charge on any atom is -0.477 e. The van der Waals surface area contributed by atoms with E-state index in [2.05, 4.69) is 15.9 Å². The van der Waals surface area contributed by atoms with Gasteiger partial charge in [0, 0.05) is 21.7 Å². The number of rotatable bonds is 5. The lowest BCUT2D eigenvalue weighted by atomic mass is 9.96. The van der Waals surface area contributed by atoms with Gasteiger partial charge in [0.05, 0.1) is 11.4 Å². The van der Waals surface area contributed by atoms with Crippen LogP contribution in [0.25, 0.3) is 21.9 Å². The molecule has 3 aromatic carbocycles. The molecule has 4 rings (SSSR count). The molecule has 6 nitrogen and oxygen atoms in total. The van der Waals surface area contributed by atoms with Crippen molar-refractivity contribution in [1.29, 1.82) is 0 Å². The monoisotopic (exact) mass is 511 g/mol. The Morgan fingerprint density at radius 2 is 1.62 bits per heavy atom. The van der Waals surface area contributed by atoms with Gasteiger partial charge < -0.3 is 5.11 Å². The first-order valence-corrected chi connectivity index (χ1v) is 12.3. The van der Waals surface area contributed by atoms with Crippen LogP contribution in [0.5, 0.6) is 0 Å². The lowest BCUT2D eigenvalue weighted by Gasteiger charge is -2.18.